The SMILES string of the molecule is O=C1N/C(=N/N=C/c2c(Cl)cccc2Cl)S/C1=C/c1ccc(Cl)cc1Cl. The van der Waals surface area contributed by atoms with Crippen LogP contribution >= 0.6 is 58.2 Å². The van der Waals surface area contributed by atoms with E-state index in [-0.39, 0.29) is 5.91 Å². The molecule has 2 aromatic carbocycles. The molecule has 9 heteroatoms. The van der Waals surface area contributed by atoms with E-state index < -0.39 is 0 Å². The molecule has 0 radical (unpaired) electrons. The van der Waals surface area contributed by atoms with Gasteiger partial charge in [-0.2, -0.15) is 5.10 Å². The van der Waals surface area contributed by atoms with Gasteiger partial charge in [-0.15, -0.1) is 5.10 Å². The van der Waals surface area contributed by atoms with Gasteiger partial charge in [0.1, 0.15) is 0 Å². The molecule has 4 nitrogen and oxygen atoms in total. The van der Waals surface area contributed by atoms with Crippen LogP contribution in [0, 0.1) is 0 Å². The molecule has 1 aliphatic heterocycles. The van der Waals surface area contributed by atoms with Crippen LogP contribution in [0.15, 0.2) is 51.5 Å². The maximum atomic E-state index is 12.1. The van der Waals surface area contributed by atoms with Crippen LogP contribution in [-0.4, -0.2) is 17.3 Å². The van der Waals surface area contributed by atoms with Crippen molar-refractivity contribution < 1.29 is 4.79 Å². The zero-order chi connectivity index (χ0) is 18.7. The summed E-state index contributed by atoms with van der Waals surface area (Å²) in [6.45, 7) is 0. The predicted molar refractivity (Wildman–Crippen MR) is 112 cm³/mol. The fourth-order valence-corrected chi connectivity index (χ4v) is 3.74. The Kier molecular flexibility index (Phi) is 6.27. The lowest BCUT2D eigenvalue weighted by Gasteiger charge is -1.99. The third-order valence-electron chi connectivity index (χ3n) is 3.24. The Balaban J connectivity index is 1.78. The van der Waals surface area contributed by atoms with Crippen LogP contribution in [0.25, 0.3) is 6.08 Å². The summed E-state index contributed by atoms with van der Waals surface area (Å²) in [5.41, 5.74) is 1.24. The number of nitrogens with zero attached hydrogens (tertiary/aromatic N) is 2. The third-order valence-corrected chi connectivity index (χ3v) is 5.36. The minimum atomic E-state index is -0.286. The van der Waals surface area contributed by atoms with Crippen LogP contribution in [0.3, 0.4) is 0 Å². The summed E-state index contributed by atoms with van der Waals surface area (Å²) >= 11 is 25.3. The highest BCUT2D eigenvalue weighted by Gasteiger charge is 2.24. The van der Waals surface area contributed by atoms with Crippen molar-refractivity contribution in [1.29, 1.82) is 0 Å². The average molecular weight is 445 g/mol. The van der Waals surface area contributed by atoms with E-state index in [1.165, 1.54) is 6.21 Å². The zero-order valence-corrected chi connectivity index (χ0v) is 16.7. The first kappa shape index (κ1) is 19.3. The van der Waals surface area contributed by atoms with Gasteiger partial charge in [-0.25, -0.2) is 0 Å². The number of carbonyl (C=O) groups excluding carboxylic acids is 1. The topological polar surface area (TPSA) is 53.8 Å². The standard InChI is InChI=1S/C17H9Cl4N3OS/c18-10-5-4-9(14(21)7-10)6-15-16(25)23-17(26-15)24-22-8-11-12(19)2-1-3-13(11)20/h1-8H,(H,23,24,25)/b15-6+,22-8+. The highest BCUT2D eigenvalue weighted by Crippen LogP contribution is 2.29. The van der Waals surface area contributed by atoms with Crippen molar-refractivity contribution in [2.75, 3.05) is 0 Å². The van der Waals surface area contributed by atoms with Crippen LogP contribution in [-0.2, 0) is 4.79 Å². The van der Waals surface area contributed by atoms with Gasteiger partial charge in [-0.05, 0) is 47.7 Å². The van der Waals surface area contributed by atoms with Gasteiger partial charge in [0, 0.05) is 15.6 Å². The van der Waals surface area contributed by atoms with Gasteiger partial charge in [0.25, 0.3) is 5.91 Å². The number of thioether (sulfide) groups is 1. The van der Waals surface area contributed by atoms with Gasteiger partial charge < -0.3 is 0 Å². The van der Waals surface area contributed by atoms with Gasteiger partial charge >= 0.3 is 0 Å². The summed E-state index contributed by atoms with van der Waals surface area (Å²) in [6.07, 6.45) is 3.10. The number of hydrogen-bond acceptors (Lipinski definition) is 4. The second kappa shape index (κ2) is 8.46. The Labute approximate surface area is 173 Å². The molecule has 3 rings (SSSR count). The summed E-state index contributed by atoms with van der Waals surface area (Å²) in [4.78, 5) is 12.5. The van der Waals surface area contributed by atoms with Crippen molar-refractivity contribution >= 4 is 81.5 Å². The van der Waals surface area contributed by atoms with Crippen LogP contribution in [0.5, 0.6) is 0 Å². The fourth-order valence-electron chi connectivity index (χ4n) is 2.01. The number of halogens is 4. The normalized spacial score (nSPS) is 17.5. The van der Waals surface area contributed by atoms with Crippen molar-refractivity contribution in [2.45, 2.75) is 0 Å². The molecule has 1 fully saturated rings. The Morgan fingerprint density at radius 2 is 1.73 bits per heavy atom. The van der Waals surface area contributed by atoms with Gasteiger partial charge in [-0.3, -0.25) is 10.1 Å². The van der Waals surface area contributed by atoms with E-state index in [0.29, 0.717) is 41.3 Å². The molecule has 1 aliphatic rings. The number of benzene rings is 2. The van der Waals surface area contributed by atoms with E-state index in [2.05, 4.69) is 15.5 Å². The molecule has 0 aliphatic carbocycles. The molecule has 0 spiro atoms. The zero-order valence-electron chi connectivity index (χ0n) is 12.8. The third kappa shape index (κ3) is 4.61. The minimum Gasteiger partial charge on any atom is -0.299 e. The van der Waals surface area contributed by atoms with Crippen molar-refractivity contribution in [3.05, 3.63) is 72.5 Å². The lowest BCUT2D eigenvalue weighted by atomic mass is 10.2. The van der Waals surface area contributed by atoms with Gasteiger partial charge in [0.15, 0.2) is 5.17 Å². The molecule has 0 unspecified atom stereocenters. The molecule has 1 heterocycles. The second-order valence-electron chi connectivity index (χ2n) is 5.02. The summed E-state index contributed by atoms with van der Waals surface area (Å²) in [6, 6.07) is 10.2. The first-order chi connectivity index (χ1) is 12.4. The largest absolute Gasteiger partial charge is 0.299 e. The fraction of sp³-hybridized carbons (Fsp3) is 0. The van der Waals surface area contributed by atoms with Crippen molar-refractivity contribution in [1.82, 2.24) is 5.32 Å². The van der Waals surface area contributed by atoms with Gasteiger partial charge in [0.05, 0.1) is 21.2 Å². The maximum absolute atomic E-state index is 12.1. The number of carbonyl (C=O) groups is 1. The molecule has 26 heavy (non-hydrogen) atoms. The summed E-state index contributed by atoms with van der Waals surface area (Å²) in [7, 11) is 0. The molecule has 0 bridgehead atoms. The first-order valence-electron chi connectivity index (χ1n) is 7.15. The van der Waals surface area contributed by atoms with Crippen LogP contribution in [0.4, 0.5) is 0 Å². The quantitative estimate of drug-likeness (QED) is 0.364. The Bertz CT molecular complexity index is 952. The lowest BCUT2D eigenvalue weighted by Crippen LogP contribution is -2.19. The molecule has 1 amide bonds. The minimum absolute atomic E-state index is 0.286. The average Bonchev–Trinajstić information content (AvgIpc) is 2.93. The molecule has 0 saturated carbocycles. The lowest BCUT2D eigenvalue weighted by molar-refractivity contribution is -0.115. The highest BCUT2D eigenvalue weighted by molar-refractivity contribution is 8.18. The van der Waals surface area contributed by atoms with E-state index in [4.69, 9.17) is 46.4 Å². The summed E-state index contributed by atoms with van der Waals surface area (Å²) in [5.74, 6) is -0.286. The molecule has 132 valence electrons. The predicted octanol–water partition coefficient (Wildman–Crippen LogP) is 5.89. The van der Waals surface area contributed by atoms with E-state index in [0.717, 1.165) is 11.8 Å². The molecule has 2 aromatic rings. The van der Waals surface area contributed by atoms with Crippen molar-refractivity contribution in [3.8, 4) is 0 Å². The Hall–Kier alpha value is -1.50. The van der Waals surface area contributed by atoms with Crippen LogP contribution in [0.1, 0.15) is 11.1 Å². The smallest absolute Gasteiger partial charge is 0.264 e. The molecule has 1 saturated heterocycles. The number of hydrogen-bond donors (Lipinski definition) is 1. The molecular weight excluding hydrogens is 436 g/mol. The molecular formula is C17H9Cl4N3OS. The molecule has 0 atom stereocenters. The monoisotopic (exact) mass is 443 g/mol. The number of amides is 1. The number of rotatable bonds is 3. The van der Waals surface area contributed by atoms with Crippen molar-refractivity contribution in [3.63, 3.8) is 0 Å². The summed E-state index contributed by atoms with van der Waals surface area (Å²) in [5, 5.41) is 12.8. The van der Waals surface area contributed by atoms with E-state index >= 15 is 0 Å². The van der Waals surface area contributed by atoms with Crippen molar-refractivity contribution in [2.24, 2.45) is 10.2 Å². The maximum Gasteiger partial charge on any atom is 0.264 e. The Morgan fingerprint density at radius 3 is 2.42 bits per heavy atom. The van der Waals surface area contributed by atoms with Gasteiger partial charge in [-0.1, -0.05) is 58.5 Å². The second-order valence-corrected chi connectivity index (χ2v) is 7.70. The van der Waals surface area contributed by atoms with Crippen LogP contribution < -0.4 is 5.32 Å². The van der Waals surface area contributed by atoms with E-state index in [1.807, 2.05) is 0 Å². The van der Waals surface area contributed by atoms with E-state index in [9.17, 15) is 4.79 Å². The molecule has 1 N–H and O–H groups in total. The van der Waals surface area contributed by atoms with Gasteiger partial charge in [0.2, 0.25) is 0 Å². The number of amidine groups is 1. The molecule has 0 aromatic heterocycles. The summed E-state index contributed by atoms with van der Waals surface area (Å²) < 4.78 is 0. The van der Waals surface area contributed by atoms with E-state index in [1.54, 1.807) is 42.5 Å². The van der Waals surface area contributed by atoms with Crippen LogP contribution in [0.2, 0.25) is 20.1 Å². The number of nitrogens with one attached hydrogen (secondary N) is 1. The highest BCUT2D eigenvalue weighted by atomic mass is 35.5. The first-order valence-corrected chi connectivity index (χ1v) is 9.48. The Morgan fingerprint density at radius 1 is 1.00 bits per heavy atom.